The molecule has 0 atom stereocenters. The molecule has 1 rings (SSSR count). The van der Waals surface area contributed by atoms with Gasteiger partial charge in [-0.1, -0.05) is 0 Å². The highest BCUT2D eigenvalue weighted by atomic mass is 32.2. The lowest BCUT2D eigenvalue weighted by atomic mass is 10.6. The van der Waals surface area contributed by atoms with Gasteiger partial charge >= 0.3 is 17.1 Å². The van der Waals surface area contributed by atoms with Crippen molar-refractivity contribution in [3.8, 4) is 0 Å². The predicted octanol–water partition coefficient (Wildman–Crippen LogP) is 3.98. The second-order valence-corrected chi connectivity index (χ2v) is 4.62. The van der Waals surface area contributed by atoms with Crippen molar-refractivity contribution in [3.63, 3.8) is 0 Å². The zero-order chi connectivity index (χ0) is 14.1. The van der Waals surface area contributed by atoms with Crippen LogP contribution in [0, 0.1) is 11.9 Å². The lowest BCUT2D eigenvalue weighted by Gasteiger charge is -2.09. The van der Waals surface area contributed by atoms with Crippen molar-refractivity contribution in [2.24, 2.45) is 0 Å². The molecule has 1 heterocycles. The van der Waals surface area contributed by atoms with Crippen LogP contribution in [-0.2, 0) is 0 Å². The average Bonchev–Trinajstić information content (AvgIpc) is 2.07. The lowest BCUT2D eigenvalue weighted by molar-refractivity contribution is -0.0335. The number of thioether (sulfide) groups is 2. The Kier molecular flexibility index (Phi) is 4.30. The highest BCUT2D eigenvalue weighted by Crippen LogP contribution is 2.42. The Balaban J connectivity index is 3.14. The molecule has 0 saturated carbocycles. The maximum Gasteiger partial charge on any atom is 0.447 e. The van der Waals surface area contributed by atoms with Crippen molar-refractivity contribution in [1.29, 1.82) is 0 Å². The molecule has 1 aromatic heterocycles. The molecule has 0 bridgehead atoms. The number of aromatic nitrogens is 2. The van der Waals surface area contributed by atoms with Crippen molar-refractivity contribution in [1.82, 2.24) is 9.97 Å². The van der Waals surface area contributed by atoms with Crippen LogP contribution in [0.1, 0.15) is 0 Å². The smallest absolute Gasteiger partial charge is 0.201 e. The van der Waals surface area contributed by atoms with Gasteiger partial charge in [0.1, 0.15) is 10.1 Å². The van der Waals surface area contributed by atoms with Crippen LogP contribution in [0.2, 0.25) is 0 Å². The first-order valence-electron chi connectivity index (χ1n) is 3.72. The Bertz CT molecular complexity index is 405. The fourth-order valence-corrected chi connectivity index (χ4v) is 1.85. The highest BCUT2D eigenvalue weighted by molar-refractivity contribution is 8.00. The molecule has 0 aromatic carbocycles. The van der Waals surface area contributed by atoms with Gasteiger partial charge in [0.2, 0.25) is 0 Å². The second kappa shape index (κ2) is 5.07. The summed E-state index contributed by atoms with van der Waals surface area (Å²) in [4.78, 5) is 4.92. The molecule has 0 radical (unpaired) electrons. The van der Waals surface area contributed by atoms with Crippen LogP contribution in [0.3, 0.4) is 0 Å². The Morgan fingerprint density at radius 1 is 0.722 bits per heavy atom. The van der Waals surface area contributed by atoms with E-state index in [4.69, 9.17) is 0 Å². The number of nitrogens with zero attached hydrogens (tertiary/aromatic N) is 2. The van der Waals surface area contributed by atoms with Crippen molar-refractivity contribution < 1.29 is 35.1 Å². The zero-order valence-corrected chi connectivity index (χ0v) is 9.37. The number of hydrogen-bond donors (Lipinski definition) is 0. The van der Waals surface area contributed by atoms with Crippen LogP contribution >= 0.6 is 23.5 Å². The molecular weight excluding hydrogens is 316 g/mol. The van der Waals surface area contributed by atoms with E-state index in [-0.39, 0.29) is 0 Å². The van der Waals surface area contributed by atoms with E-state index in [9.17, 15) is 35.1 Å². The third-order valence-corrected chi connectivity index (χ3v) is 2.58. The van der Waals surface area contributed by atoms with E-state index in [1.807, 2.05) is 0 Å². The van der Waals surface area contributed by atoms with E-state index in [0.717, 1.165) is 0 Å². The summed E-state index contributed by atoms with van der Waals surface area (Å²) in [6.07, 6.45) is -1.88. The summed E-state index contributed by atoms with van der Waals surface area (Å²) >= 11 is -2.33. The average molecular weight is 316 g/mol. The predicted molar refractivity (Wildman–Crippen MR) is 45.8 cm³/mol. The molecule has 0 saturated heterocycles. The Morgan fingerprint density at radius 3 is 1.33 bits per heavy atom. The van der Waals surface area contributed by atoms with Crippen LogP contribution in [-0.4, -0.2) is 21.0 Å². The van der Waals surface area contributed by atoms with Crippen LogP contribution < -0.4 is 0 Å². The topological polar surface area (TPSA) is 25.8 Å². The molecule has 18 heavy (non-hydrogen) atoms. The third kappa shape index (κ3) is 4.84. The van der Waals surface area contributed by atoms with Crippen molar-refractivity contribution in [2.75, 3.05) is 0 Å². The molecule has 102 valence electrons. The van der Waals surface area contributed by atoms with Gasteiger partial charge in [-0.05, 0) is 0 Å². The van der Waals surface area contributed by atoms with Crippen LogP contribution in [0.15, 0.2) is 10.1 Å². The minimum atomic E-state index is -5.01. The van der Waals surface area contributed by atoms with Crippen LogP contribution in [0.5, 0.6) is 0 Å². The molecule has 0 fully saturated rings. The van der Waals surface area contributed by atoms with Gasteiger partial charge in [-0.25, -0.2) is 4.39 Å². The number of halogens is 8. The Morgan fingerprint density at radius 2 is 1.06 bits per heavy atom. The fourth-order valence-electron chi connectivity index (χ4n) is 0.737. The molecule has 2 nitrogen and oxygen atoms in total. The fraction of sp³-hybridized carbons (Fsp3) is 0.333. The van der Waals surface area contributed by atoms with E-state index in [0.29, 0.717) is 0 Å². The zero-order valence-electron chi connectivity index (χ0n) is 7.73. The first-order valence-corrected chi connectivity index (χ1v) is 5.36. The Hall–Kier alpha value is -0.780. The molecule has 1 aromatic rings. The van der Waals surface area contributed by atoms with E-state index in [1.165, 1.54) is 0 Å². The minimum absolute atomic E-state index is 1.17. The monoisotopic (exact) mass is 316 g/mol. The summed E-state index contributed by atoms with van der Waals surface area (Å²) in [5.41, 5.74) is -10.0. The van der Waals surface area contributed by atoms with E-state index >= 15 is 0 Å². The lowest BCUT2D eigenvalue weighted by Crippen LogP contribution is -2.08. The summed E-state index contributed by atoms with van der Waals surface area (Å²) in [7, 11) is 0. The molecule has 0 amide bonds. The molecule has 0 aliphatic rings. The molecule has 0 N–H and O–H groups in total. The SMILES string of the molecule is Fc1nc(SC(F)(F)F)c(F)c(SC(F)(F)F)n1. The molecule has 0 aliphatic heterocycles. The van der Waals surface area contributed by atoms with Crippen molar-refractivity contribution in [3.05, 3.63) is 11.9 Å². The van der Waals surface area contributed by atoms with Gasteiger partial charge in [0, 0.05) is 23.5 Å². The summed E-state index contributed by atoms with van der Waals surface area (Å²) in [5.74, 6) is -1.97. The first-order chi connectivity index (χ1) is 7.98. The standard InChI is InChI=1S/C6F8N2S2/c7-1-2(17-5(9,10)11)15-4(8)16-3(1)18-6(12,13)14. The molecule has 0 unspecified atom stereocenters. The molecular formula is C6F8N2S2. The van der Waals surface area contributed by atoms with Gasteiger partial charge in [-0.2, -0.15) is 40.7 Å². The van der Waals surface area contributed by atoms with E-state index < -0.39 is 56.5 Å². The first kappa shape index (κ1) is 15.3. The third-order valence-electron chi connectivity index (χ3n) is 1.19. The quantitative estimate of drug-likeness (QED) is 0.357. The van der Waals surface area contributed by atoms with Crippen LogP contribution in [0.25, 0.3) is 0 Å². The molecule has 12 heteroatoms. The molecule has 0 aliphatic carbocycles. The van der Waals surface area contributed by atoms with E-state index in [2.05, 4.69) is 9.97 Å². The number of rotatable bonds is 2. The van der Waals surface area contributed by atoms with Gasteiger partial charge in [0.25, 0.3) is 0 Å². The Labute approximate surface area is 102 Å². The normalized spacial score (nSPS) is 12.9. The molecule has 0 spiro atoms. The van der Waals surface area contributed by atoms with Gasteiger partial charge in [0.05, 0.1) is 0 Å². The number of hydrogen-bond acceptors (Lipinski definition) is 4. The minimum Gasteiger partial charge on any atom is -0.201 e. The van der Waals surface area contributed by atoms with Crippen molar-refractivity contribution >= 4 is 23.5 Å². The summed E-state index contributed by atoms with van der Waals surface area (Å²) in [5, 5.41) is -3.11. The van der Waals surface area contributed by atoms with Gasteiger partial charge in [0.15, 0.2) is 5.82 Å². The highest BCUT2D eigenvalue weighted by Gasteiger charge is 2.36. The van der Waals surface area contributed by atoms with Crippen LogP contribution in [0.4, 0.5) is 35.1 Å². The van der Waals surface area contributed by atoms with Gasteiger partial charge < -0.3 is 0 Å². The maximum absolute atomic E-state index is 13.2. The van der Waals surface area contributed by atoms with Crippen molar-refractivity contribution in [2.45, 2.75) is 21.1 Å². The maximum atomic E-state index is 13.2. The summed E-state index contributed by atoms with van der Waals surface area (Å²) in [6, 6.07) is 0. The largest absolute Gasteiger partial charge is 0.447 e. The summed E-state index contributed by atoms with van der Waals surface area (Å²) in [6.45, 7) is 0. The summed E-state index contributed by atoms with van der Waals surface area (Å²) < 4.78 is 97.2. The second-order valence-electron chi connectivity index (χ2n) is 2.51. The van der Waals surface area contributed by atoms with Gasteiger partial charge in [-0.3, -0.25) is 0 Å². The van der Waals surface area contributed by atoms with Gasteiger partial charge in [-0.15, -0.1) is 0 Å². The van der Waals surface area contributed by atoms with E-state index in [1.54, 1.807) is 0 Å². The number of alkyl halides is 6.